The highest BCUT2D eigenvalue weighted by Crippen LogP contribution is 2.36. The van der Waals surface area contributed by atoms with Gasteiger partial charge >= 0.3 is 7.12 Å². The summed E-state index contributed by atoms with van der Waals surface area (Å²) in [6, 6.07) is 8.13. The Morgan fingerprint density at radius 3 is 1.85 bits per heavy atom. The molecule has 1 aliphatic rings. The molecule has 0 unspecified atom stereocenters. The van der Waals surface area contributed by atoms with E-state index in [-0.39, 0.29) is 24.7 Å². The fraction of sp³-hybridized carbons (Fsp3) is 0.500. The van der Waals surface area contributed by atoms with E-state index in [0.717, 1.165) is 11.2 Å². The van der Waals surface area contributed by atoms with Crippen LogP contribution in [-0.2, 0) is 14.1 Å². The minimum atomic E-state index is -0.278. The number of carbonyl (C=O) groups is 1. The summed E-state index contributed by atoms with van der Waals surface area (Å²) >= 11 is 0. The Morgan fingerprint density at radius 2 is 1.50 bits per heavy atom. The second kappa shape index (κ2) is 6.28. The molecule has 0 spiro atoms. The van der Waals surface area contributed by atoms with Gasteiger partial charge in [-0.05, 0) is 45.3 Å². The van der Waals surface area contributed by atoms with Gasteiger partial charge in [0, 0.05) is 12.7 Å². The van der Waals surface area contributed by atoms with Crippen molar-refractivity contribution >= 4 is 24.7 Å². The predicted octanol–water partition coefficient (Wildman–Crippen LogP) is 1.13. The number of anilines is 1. The van der Waals surface area contributed by atoms with Crippen LogP contribution in [0.2, 0.25) is 0 Å². The van der Waals surface area contributed by atoms with Gasteiger partial charge in [-0.15, -0.1) is 0 Å². The zero-order chi connectivity index (χ0) is 15.4. The summed E-state index contributed by atoms with van der Waals surface area (Å²) in [5, 5.41) is 3.10. The third-order valence-electron chi connectivity index (χ3n) is 3.72. The lowest BCUT2D eigenvalue weighted by Crippen LogP contribution is -2.41. The van der Waals surface area contributed by atoms with Crippen molar-refractivity contribution in [3.63, 3.8) is 0 Å². The maximum Gasteiger partial charge on any atom is 0.494 e. The Bertz CT molecular complexity index is 430. The molecule has 1 aromatic carbocycles. The summed E-state index contributed by atoms with van der Waals surface area (Å²) < 4.78 is 12.0. The standard InChI is InChI=1S/C13H20BNO2.CH3NO/c1-12(2)13(3,4)17-14(16-12)10-6-8-11(15-5)9-7-10;2-1-3/h6-9,15H,1-5H3;1H,(H2,2,3). The van der Waals surface area contributed by atoms with Crippen LogP contribution in [0.1, 0.15) is 27.7 Å². The molecule has 2 rings (SSSR count). The smallest absolute Gasteiger partial charge is 0.399 e. The van der Waals surface area contributed by atoms with Crippen molar-refractivity contribution in [2.75, 3.05) is 12.4 Å². The van der Waals surface area contributed by atoms with Gasteiger partial charge in [0.15, 0.2) is 0 Å². The number of hydrogen-bond acceptors (Lipinski definition) is 4. The number of nitrogens with two attached hydrogens (primary N) is 1. The third kappa shape index (κ3) is 3.52. The van der Waals surface area contributed by atoms with E-state index in [4.69, 9.17) is 14.1 Å². The summed E-state index contributed by atoms with van der Waals surface area (Å²) in [7, 11) is 1.63. The number of carbonyl (C=O) groups excluding carboxylic acids is 1. The van der Waals surface area contributed by atoms with Crippen LogP contribution in [0.15, 0.2) is 24.3 Å². The first-order chi connectivity index (χ1) is 9.27. The fourth-order valence-electron chi connectivity index (χ4n) is 1.79. The summed E-state index contributed by atoms with van der Waals surface area (Å²) in [5.41, 5.74) is 5.76. The first-order valence-electron chi connectivity index (χ1n) is 6.56. The molecule has 0 bridgehead atoms. The maximum absolute atomic E-state index is 8.58. The number of rotatable bonds is 2. The van der Waals surface area contributed by atoms with E-state index in [2.05, 4.69) is 38.7 Å². The van der Waals surface area contributed by atoms with Crippen molar-refractivity contribution in [1.82, 2.24) is 0 Å². The van der Waals surface area contributed by atoms with Crippen LogP contribution < -0.4 is 16.5 Å². The van der Waals surface area contributed by atoms with Crippen LogP contribution in [-0.4, -0.2) is 31.8 Å². The molecule has 1 amide bonds. The van der Waals surface area contributed by atoms with Crippen LogP contribution in [0.3, 0.4) is 0 Å². The minimum absolute atomic E-state index is 0.250. The average Bonchev–Trinajstić information content (AvgIpc) is 2.60. The van der Waals surface area contributed by atoms with E-state index in [0.29, 0.717) is 0 Å². The first-order valence-corrected chi connectivity index (χ1v) is 6.56. The molecule has 1 fully saturated rings. The summed E-state index contributed by atoms with van der Waals surface area (Å²) in [6.45, 7) is 8.26. The topological polar surface area (TPSA) is 73.6 Å². The Balaban J connectivity index is 0.000000612. The van der Waals surface area contributed by atoms with E-state index in [1.807, 2.05) is 31.3 Å². The molecule has 0 atom stereocenters. The van der Waals surface area contributed by atoms with Gasteiger partial charge in [0.1, 0.15) is 0 Å². The number of benzene rings is 1. The lowest BCUT2D eigenvalue weighted by Gasteiger charge is -2.32. The van der Waals surface area contributed by atoms with Crippen molar-refractivity contribution in [3.8, 4) is 0 Å². The van der Waals surface area contributed by atoms with Crippen molar-refractivity contribution in [2.24, 2.45) is 5.73 Å². The zero-order valence-electron chi connectivity index (χ0n) is 12.8. The number of primary amides is 1. The lowest BCUT2D eigenvalue weighted by molar-refractivity contribution is -0.106. The van der Waals surface area contributed by atoms with Gasteiger partial charge in [0.2, 0.25) is 6.41 Å². The monoisotopic (exact) mass is 278 g/mol. The van der Waals surface area contributed by atoms with Gasteiger partial charge in [-0.3, -0.25) is 4.79 Å². The Morgan fingerprint density at radius 1 is 1.10 bits per heavy atom. The van der Waals surface area contributed by atoms with Gasteiger partial charge in [0.25, 0.3) is 0 Å². The molecule has 6 heteroatoms. The van der Waals surface area contributed by atoms with Crippen LogP contribution in [0.5, 0.6) is 0 Å². The van der Waals surface area contributed by atoms with Crippen LogP contribution in [0, 0.1) is 0 Å². The molecular weight excluding hydrogens is 255 g/mol. The van der Waals surface area contributed by atoms with E-state index in [1.54, 1.807) is 0 Å². The highest BCUT2D eigenvalue weighted by Gasteiger charge is 2.51. The lowest BCUT2D eigenvalue weighted by atomic mass is 9.79. The van der Waals surface area contributed by atoms with Crippen molar-refractivity contribution in [1.29, 1.82) is 0 Å². The summed E-state index contributed by atoms with van der Waals surface area (Å²) in [6.07, 6.45) is 0.250. The van der Waals surface area contributed by atoms with Crippen LogP contribution in [0.4, 0.5) is 5.69 Å². The highest BCUT2D eigenvalue weighted by atomic mass is 16.7. The molecule has 20 heavy (non-hydrogen) atoms. The summed E-state index contributed by atoms with van der Waals surface area (Å²) in [4.78, 5) is 8.58. The predicted molar refractivity (Wildman–Crippen MR) is 82.0 cm³/mol. The molecule has 0 radical (unpaired) electrons. The van der Waals surface area contributed by atoms with Gasteiger partial charge in [0.05, 0.1) is 11.2 Å². The van der Waals surface area contributed by atoms with Crippen LogP contribution in [0.25, 0.3) is 0 Å². The summed E-state index contributed by atoms with van der Waals surface area (Å²) in [5.74, 6) is 0. The number of hydrogen-bond donors (Lipinski definition) is 2. The molecule has 0 saturated carbocycles. The van der Waals surface area contributed by atoms with Gasteiger partial charge in [-0.25, -0.2) is 0 Å². The van der Waals surface area contributed by atoms with E-state index < -0.39 is 0 Å². The molecule has 1 aromatic rings. The third-order valence-corrected chi connectivity index (χ3v) is 3.72. The molecule has 5 nitrogen and oxygen atoms in total. The largest absolute Gasteiger partial charge is 0.494 e. The zero-order valence-corrected chi connectivity index (χ0v) is 12.8. The van der Waals surface area contributed by atoms with Gasteiger partial charge < -0.3 is 20.4 Å². The molecule has 0 aliphatic carbocycles. The van der Waals surface area contributed by atoms with Crippen molar-refractivity contribution in [3.05, 3.63) is 24.3 Å². The molecule has 1 aliphatic heterocycles. The van der Waals surface area contributed by atoms with E-state index in [9.17, 15) is 0 Å². The Kier molecular flexibility index (Phi) is 5.19. The number of nitrogens with one attached hydrogen (secondary N) is 1. The van der Waals surface area contributed by atoms with E-state index >= 15 is 0 Å². The molecule has 3 N–H and O–H groups in total. The van der Waals surface area contributed by atoms with Crippen LogP contribution >= 0.6 is 0 Å². The van der Waals surface area contributed by atoms with Gasteiger partial charge in [-0.2, -0.15) is 0 Å². The van der Waals surface area contributed by atoms with Crippen molar-refractivity contribution in [2.45, 2.75) is 38.9 Å². The second-order valence-corrected chi connectivity index (χ2v) is 5.60. The fourth-order valence-corrected chi connectivity index (χ4v) is 1.79. The molecule has 110 valence electrons. The quantitative estimate of drug-likeness (QED) is 0.628. The molecule has 1 heterocycles. The Hall–Kier alpha value is -1.53. The highest BCUT2D eigenvalue weighted by molar-refractivity contribution is 6.62. The first kappa shape index (κ1) is 16.5. The SMILES string of the molecule is CNc1ccc(B2OC(C)(C)C(C)(C)O2)cc1.NC=O. The Labute approximate surface area is 121 Å². The normalized spacial score (nSPS) is 18.9. The molecular formula is C14H23BN2O3. The molecule has 0 aromatic heterocycles. The maximum atomic E-state index is 8.58. The minimum Gasteiger partial charge on any atom is -0.399 e. The number of amides is 1. The van der Waals surface area contributed by atoms with Gasteiger partial charge in [-0.1, -0.05) is 12.1 Å². The average molecular weight is 278 g/mol. The second-order valence-electron chi connectivity index (χ2n) is 5.60. The van der Waals surface area contributed by atoms with Crippen molar-refractivity contribution < 1.29 is 14.1 Å². The molecule has 1 saturated heterocycles. The van der Waals surface area contributed by atoms with E-state index in [1.165, 1.54) is 0 Å².